The molecule has 0 fully saturated rings. The summed E-state index contributed by atoms with van der Waals surface area (Å²) >= 11 is 0. The van der Waals surface area contributed by atoms with Crippen LogP contribution in [0, 0.1) is 6.92 Å². The van der Waals surface area contributed by atoms with Crippen LogP contribution in [0.15, 0.2) is 18.2 Å². The van der Waals surface area contributed by atoms with Crippen molar-refractivity contribution >= 4 is 5.91 Å². The van der Waals surface area contributed by atoms with Crippen molar-refractivity contribution in [3.05, 3.63) is 29.3 Å². The summed E-state index contributed by atoms with van der Waals surface area (Å²) in [5.41, 5.74) is 7.37. The number of benzene rings is 1. The molecule has 0 bridgehead atoms. The van der Waals surface area contributed by atoms with E-state index in [1.165, 1.54) is 5.56 Å². The van der Waals surface area contributed by atoms with Crippen LogP contribution in [-0.2, 0) is 11.3 Å². The van der Waals surface area contributed by atoms with E-state index in [0.29, 0.717) is 6.61 Å². The molecule has 0 aromatic heterocycles. The van der Waals surface area contributed by atoms with Crippen molar-refractivity contribution in [2.45, 2.75) is 26.8 Å². The molecular weight excluding hydrogens is 216 g/mol. The maximum Gasteiger partial charge on any atom is 0.220 e. The standard InChI is InChI=1S/C13H20N2O2/c1-3-15-9-11-8-10(2)4-5-12(11)17-7-6-13(14)16/h4-5,8,15H,3,6-7,9H2,1-2H3,(H2,14,16). The molecular formula is C13H20N2O2. The highest BCUT2D eigenvalue weighted by Crippen LogP contribution is 2.20. The lowest BCUT2D eigenvalue weighted by Gasteiger charge is -2.12. The molecule has 0 saturated carbocycles. The van der Waals surface area contributed by atoms with Crippen LogP contribution in [0.25, 0.3) is 0 Å². The molecule has 1 rings (SSSR count). The lowest BCUT2D eigenvalue weighted by atomic mass is 10.1. The minimum Gasteiger partial charge on any atom is -0.493 e. The average Bonchev–Trinajstić information content (AvgIpc) is 2.28. The normalized spacial score (nSPS) is 10.2. The fourth-order valence-electron chi connectivity index (χ4n) is 1.51. The number of carbonyl (C=O) groups excluding carboxylic acids is 1. The molecule has 0 unspecified atom stereocenters. The van der Waals surface area contributed by atoms with E-state index in [0.717, 1.165) is 24.4 Å². The Morgan fingerprint density at radius 2 is 2.24 bits per heavy atom. The Hall–Kier alpha value is -1.55. The second kappa shape index (κ2) is 6.91. The highest BCUT2D eigenvalue weighted by Gasteiger charge is 2.04. The van der Waals surface area contributed by atoms with E-state index < -0.39 is 0 Å². The van der Waals surface area contributed by atoms with E-state index in [1.807, 2.05) is 19.1 Å². The zero-order valence-electron chi connectivity index (χ0n) is 10.5. The van der Waals surface area contributed by atoms with Gasteiger partial charge in [-0.05, 0) is 19.5 Å². The molecule has 3 N–H and O–H groups in total. The summed E-state index contributed by atoms with van der Waals surface area (Å²) in [6.07, 6.45) is 0.245. The summed E-state index contributed by atoms with van der Waals surface area (Å²) in [5.74, 6) is 0.475. The van der Waals surface area contributed by atoms with Crippen molar-refractivity contribution in [3.8, 4) is 5.75 Å². The van der Waals surface area contributed by atoms with Crippen LogP contribution < -0.4 is 15.8 Å². The number of rotatable bonds is 7. The highest BCUT2D eigenvalue weighted by atomic mass is 16.5. The Bertz CT molecular complexity index is 378. The second-order valence-electron chi connectivity index (χ2n) is 3.96. The highest BCUT2D eigenvalue weighted by molar-refractivity contribution is 5.73. The molecule has 0 atom stereocenters. The Kier molecular flexibility index (Phi) is 5.49. The molecule has 0 aliphatic carbocycles. The second-order valence-corrected chi connectivity index (χ2v) is 3.96. The van der Waals surface area contributed by atoms with Gasteiger partial charge in [0.05, 0.1) is 13.0 Å². The lowest BCUT2D eigenvalue weighted by molar-refractivity contribution is -0.118. The summed E-state index contributed by atoms with van der Waals surface area (Å²) in [5, 5.41) is 3.26. The van der Waals surface area contributed by atoms with E-state index >= 15 is 0 Å². The van der Waals surface area contributed by atoms with E-state index in [9.17, 15) is 4.79 Å². The van der Waals surface area contributed by atoms with Gasteiger partial charge in [-0.3, -0.25) is 4.79 Å². The van der Waals surface area contributed by atoms with Crippen LogP contribution in [0.1, 0.15) is 24.5 Å². The van der Waals surface area contributed by atoms with Crippen LogP contribution >= 0.6 is 0 Å². The predicted molar refractivity (Wildman–Crippen MR) is 67.9 cm³/mol. The molecule has 0 radical (unpaired) electrons. The van der Waals surface area contributed by atoms with Gasteiger partial charge in [-0.2, -0.15) is 0 Å². The summed E-state index contributed by atoms with van der Waals surface area (Å²) in [6.45, 7) is 6.11. The molecule has 0 saturated heterocycles. The topological polar surface area (TPSA) is 64.3 Å². The predicted octanol–water partition coefficient (Wildman–Crippen LogP) is 1.36. The number of hydrogen-bond donors (Lipinski definition) is 2. The third-order valence-electron chi connectivity index (χ3n) is 2.39. The third kappa shape index (κ3) is 4.87. The van der Waals surface area contributed by atoms with Gasteiger partial charge < -0.3 is 15.8 Å². The van der Waals surface area contributed by atoms with Gasteiger partial charge in [-0.1, -0.05) is 24.6 Å². The van der Waals surface area contributed by atoms with Crippen molar-refractivity contribution in [3.63, 3.8) is 0 Å². The molecule has 0 aliphatic heterocycles. The zero-order valence-corrected chi connectivity index (χ0v) is 10.5. The smallest absolute Gasteiger partial charge is 0.220 e. The van der Waals surface area contributed by atoms with Gasteiger partial charge in [0.1, 0.15) is 5.75 Å². The first kappa shape index (κ1) is 13.5. The molecule has 1 aromatic rings. The van der Waals surface area contributed by atoms with Crippen LogP contribution in [0.2, 0.25) is 0 Å². The van der Waals surface area contributed by atoms with Crippen LogP contribution in [0.3, 0.4) is 0 Å². The quantitative estimate of drug-likeness (QED) is 0.751. The molecule has 94 valence electrons. The molecule has 0 aliphatic rings. The zero-order chi connectivity index (χ0) is 12.7. The summed E-state index contributed by atoms with van der Waals surface area (Å²) in [7, 11) is 0. The summed E-state index contributed by atoms with van der Waals surface area (Å²) in [4.78, 5) is 10.6. The molecule has 4 heteroatoms. The van der Waals surface area contributed by atoms with Crippen molar-refractivity contribution in [2.75, 3.05) is 13.2 Å². The fraction of sp³-hybridized carbons (Fsp3) is 0.462. The molecule has 0 spiro atoms. The van der Waals surface area contributed by atoms with Crippen molar-refractivity contribution < 1.29 is 9.53 Å². The van der Waals surface area contributed by atoms with E-state index in [-0.39, 0.29) is 12.3 Å². The maximum absolute atomic E-state index is 10.6. The Morgan fingerprint density at radius 3 is 2.88 bits per heavy atom. The molecule has 1 aromatic carbocycles. The SMILES string of the molecule is CCNCc1cc(C)ccc1OCCC(N)=O. The van der Waals surface area contributed by atoms with Gasteiger partial charge in [0.15, 0.2) is 0 Å². The lowest BCUT2D eigenvalue weighted by Crippen LogP contribution is -2.16. The number of nitrogens with two attached hydrogens (primary N) is 1. The van der Waals surface area contributed by atoms with Gasteiger partial charge in [0, 0.05) is 12.1 Å². The number of primary amides is 1. The van der Waals surface area contributed by atoms with Crippen molar-refractivity contribution in [1.82, 2.24) is 5.32 Å². The first-order valence-electron chi connectivity index (χ1n) is 5.84. The monoisotopic (exact) mass is 236 g/mol. The van der Waals surface area contributed by atoms with Crippen LogP contribution in [0.4, 0.5) is 0 Å². The average molecular weight is 236 g/mol. The molecule has 1 amide bonds. The van der Waals surface area contributed by atoms with E-state index in [4.69, 9.17) is 10.5 Å². The number of carbonyl (C=O) groups is 1. The van der Waals surface area contributed by atoms with Gasteiger partial charge in [0.2, 0.25) is 5.91 Å². The fourth-order valence-corrected chi connectivity index (χ4v) is 1.51. The third-order valence-corrected chi connectivity index (χ3v) is 2.39. The van der Waals surface area contributed by atoms with Gasteiger partial charge in [-0.25, -0.2) is 0 Å². The minimum atomic E-state index is -0.342. The van der Waals surface area contributed by atoms with Gasteiger partial charge in [-0.15, -0.1) is 0 Å². The molecule has 17 heavy (non-hydrogen) atoms. The number of hydrogen-bond acceptors (Lipinski definition) is 3. The minimum absolute atomic E-state index is 0.245. The van der Waals surface area contributed by atoms with Crippen molar-refractivity contribution in [1.29, 1.82) is 0 Å². The van der Waals surface area contributed by atoms with Gasteiger partial charge >= 0.3 is 0 Å². The van der Waals surface area contributed by atoms with Gasteiger partial charge in [0.25, 0.3) is 0 Å². The largest absolute Gasteiger partial charge is 0.493 e. The summed E-state index contributed by atoms with van der Waals surface area (Å²) in [6, 6.07) is 6.01. The first-order valence-corrected chi connectivity index (χ1v) is 5.84. The van der Waals surface area contributed by atoms with Crippen LogP contribution in [0.5, 0.6) is 5.75 Å². The van der Waals surface area contributed by atoms with E-state index in [1.54, 1.807) is 0 Å². The number of aryl methyl sites for hydroxylation is 1. The Morgan fingerprint density at radius 1 is 1.47 bits per heavy atom. The number of amides is 1. The summed E-state index contributed by atoms with van der Waals surface area (Å²) < 4.78 is 5.56. The first-order chi connectivity index (χ1) is 8.13. The molecule has 0 heterocycles. The Labute approximate surface area is 102 Å². The molecule has 4 nitrogen and oxygen atoms in total. The number of ether oxygens (including phenoxy) is 1. The maximum atomic E-state index is 10.6. The van der Waals surface area contributed by atoms with E-state index in [2.05, 4.69) is 18.3 Å². The Balaban J connectivity index is 2.64. The number of nitrogens with one attached hydrogen (secondary N) is 1. The van der Waals surface area contributed by atoms with Crippen LogP contribution in [-0.4, -0.2) is 19.1 Å². The van der Waals surface area contributed by atoms with Crippen molar-refractivity contribution in [2.24, 2.45) is 5.73 Å².